The van der Waals surface area contributed by atoms with Gasteiger partial charge in [-0.25, -0.2) is 15.8 Å². The standard InChI is InChI=1S/C13H24N6O/c1-5-7-19(9-13(20)18(3)4)12-8-11(17-14)15-10(6-2)16-12/h8H,5-7,9,14H2,1-4H3,(H,15,16,17). The van der Waals surface area contributed by atoms with Gasteiger partial charge in [0.25, 0.3) is 0 Å². The van der Waals surface area contributed by atoms with Crippen LogP contribution in [0.1, 0.15) is 26.1 Å². The van der Waals surface area contributed by atoms with Crippen LogP contribution in [0.25, 0.3) is 0 Å². The summed E-state index contributed by atoms with van der Waals surface area (Å²) in [5.74, 6) is 7.46. The van der Waals surface area contributed by atoms with Crippen molar-refractivity contribution in [3.05, 3.63) is 11.9 Å². The highest BCUT2D eigenvalue weighted by Crippen LogP contribution is 2.16. The van der Waals surface area contributed by atoms with Crippen molar-refractivity contribution in [1.29, 1.82) is 0 Å². The van der Waals surface area contributed by atoms with E-state index < -0.39 is 0 Å². The third-order valence-corrected chi connectivity index (χ3v) is 2.87. The molecule has 1 amide bonds. The van der Waals surface area contributed by atoms with Crippen molar-refractivity contribution >= 4 is 17.5 Å². The monoisotopic (exact) mass is 280 g/mol. The summed E-state index contributed by atoms with van der Waals surface area (Å²) in [6.45, 7) is 5.10. The summed E-state index contributed by atoms with van der Waals surface area (Å²) >= 11 is 0. The summed E-state index contributed by atoms with van der Waals surface area (Å²) in [4.78, 5) is 24.2. The molecule has 3 N–H and O–H groups in total. The van der Waals surface area contributed by atoms with E-state index in [0.29, 0.717) is 24.6 Å². The minimum Gasteiger partial charge on any atom is -0.347 e. The second kappa shape index (κ2) is 7.64. The number of hydrogen-bond acceptors (Lipinski definition) is 6. The van der Waals surface area contributed by atoms with E-state index in [2.05, 4.69) is 22.3 Å². The predicted octanol–water partition coefficient (Wildman–Crippen LogP) is 0.629. The summed E-state index contributed by atoms with van der Waals surface area (Å²) in [6, 6.07) is 1.76. The molecule has 1 aromatic rings. The summed E-state index contributed by atoms with van der Waals surface area (Å²) in [5, 5.41) is 0. The average Bonchev–Trinajstić information content (AvgIpc) is 2.45. The van der Waals surface area contributed by atoms with Gasteiger partial charge in [-0.15, -0.1) is 0 Å². The number of likely N-dealkylation sites (N-methyl/N-ethyl adjacent to an activating group) is 1. The number of aryl methyl sites for hydroxylation is 1. The van der Waals surface area contributed by atoms with Crippen LogP contribution in [0.5, 0.6) is 0 Å². The molecule has 1 rings (SSSR count). The number of aromatic nitrogens is 2. The Kier molecular flexibility index (Phi) is 6.17. The van der Waals surface area contributed by atoms with Crippen LogP contribution in [0.2, 0.25) is 0 Å². The van der Waals surface area contributed by atoms with Gasteiger partial charge in [0.15, 0.2) is 0 Å². The van der Waals surface area contributed by atoms with Crippen molar-refractivity contribution in [1.82, 2.24) is 14.9 Å². The Hall–Kier alpha value is -1.89. The van der Waals surface area contributed by atoms with Crippen molar-refractivity contribution < 1.29 is 4.79 Å². The number of nitrogen functional groups attached to an aromatic ring is 1. The van der Waals surface area contributed by atoms with Crippen LogP contribution in [0.15, 0.2) is 6.07 Å². The number of nitrogens with zero attached hydrogens (tertiary/aromatic N) is 4. The fraction of sp³-hybridized carbons (Fsp3) is 0.615. The Morgan fingerprint density at radius 3 is 2.55 bits per heavy atom. The van der Waals surface area contributed by atoms with E-state index in [9.17, 15) is 4.79 Å². The Morgan fingerprint density at radius 1 is 1.35 bits per heavy atom. The summed E-state index contributed by atoms with van der Waals surface area (Å²) in [7, 11) is 3.49. The highest BCUT2D eigenvalue weighted by Gasteiger charge is 2.15. The van der Waals surface area contributed by atoms with Crippen LogP contribution in [-0.2, 0) is 11.2 Å². The van der Waals surface area contributed by atoms with Crippen molar-refractivity contribution in [2.45, 2.75) is 26.7 Å². The van der Waals surface area contributed by atoms with Gasteiger partial charge in [-0.2, -0.15) is 0 Å². The third kappa shape index (κ3) is 4.34. The van der Waals surface area contributed by atoms with Gasteiger partial charge in [-0.05, 0) is 6.42 Å². The Balaban J connectivity index is 3.03. The van der Waals surface area contributed by atoms with E-state index in [4.69, 9.17) is 5.84 Å². The average molecular weight is 280 g/mol. The van der Waals surface area contributed by atoms with Crippen LogP contribution in [0.4, 0.5) is 11.6 Å². The number of amides is 1. The number of hydrazine groups is 1. The minimum absolute atomic E-state index is 0.0392. The first-order chi connectivity index (χ1) is 9.51. The van der Waals surface area contributed by atoms with Gasteiger partial charge in [-0.1, -0.05) is 13.8 Å². The maximum absolute atomic E-state index is 11.9. The summed E-state index contributed by atoms with van der Waals surface area (Å²) in [5.41, 5.74) is 2.54. The second-order valence-corrected chi connectivity index (χ2v) is 4.74. The van der Waals surface area contributed by atoms with Gasteiger partial charge < -0.3 is 15.2 Å². The zero-order valence-electron chi connectivity index (χ0n) is 12.7. The van der Waals surface area contributed by atoms with Crippen LogP contribution >= 0.6 is 0 Å². The molecule has 0 unspecified atom stereocenters. The van der Waals surface area contributed by atoms with Crippen LogP contribution in [-0.4, -0.2) is 48.0 Å². The van der Waals surface area contributed by atoms with Crippen LogP contribution < -0.4 is 16.2 Å². The van der Waals surface area contributed by atoms with Crippen molar-refractivity contribution in [2.24, 2.45) is 5.84 Å². The van der Waals surface area contributed by atoms with E-state index in [-0.39, 0.29) is 5.91 Å². The molecule has 0 saturated heterocycles. The van der Waals surface area contributed by atoms with Crippen LogP contribution in [0, 0.1) is 0 Å². The molecule has 0 aliphatic carbocycles. The molecule has 112 valence electrons. The molecule has 0 saturated carbocycles. The molecule has 7 heteroatoms. The first-order valence-corrected chi connectivity index (χ1v) is 6.81. The van der Waals surface area contributed by atoms with Gasteiger partial charge in [0.2, 0.25) is 5.91 Å². The first-order valence-electron chi connectivity index (χ1n) is 6.81. The number of carbonyl (C=O) groups excluding carboxylic acids is 1. The van der Waals surface area contributed by atoms with E-state index in [1.165, 1.54) is 0 Å². The number of hydrogen-bond donors (Lipinski definition) is 2. The number of carbonyl (C=O) groups is 1. The molecule has 0 aliphatic heterocycles. The lowest BCUT2D eigenvalue weighted by Gasteiger charge is -2.24. The van der Waals surface area contributed by atoms with Crippen molar-refractivity contribution in [3.63, 3.8) is 0 Å². The molecular weight excluding hydrogens is 256 g/mol. The highest BCUT2D eigenvalue weighted by atomic mass is 16.2. The molecule has 0 fully saturated rings. The molecule has 0 spiro atoms. The molecule has 0 aromatic carbocycles. The molecule has 0 atom stereocenters. The fourth-order valence-corrected chi connectivity index (χ4v) is 1.73. The summed E-state index contributed by atoms with van der Waals surface area (Å²) in [6.07, 6.45) is 1.64. The summed E-state index contributed by atoms with van der Waals surface area (Å²) < 4.78 is 0. The number of nitrogens with one attached hydrogen (secondary N) is 1. The van der Waals surface area contributed by atoms with Gasteiger partial charge >= 0.3 is 0 Å². The molecular formula is C13H24N6O. The molecule has 1 aromatic heterocycles. The SMILES string of the molecule is CCCN(CC(=O)N(C)C)c1cc(NN)nc(CC)n1. The normalized spacial score (nSPS) is 10.2. The molecule has 7 nitrogen and oxygen atoms in total. The van der Waals surface area contributed by atoms with Crippen LogP contribution in [0.3, 0.4) is 0 Å². The molecule has 0 bridgehead atoms. The zero-order valence-corrected chi connectivity index (χ0v) is 12.7. The fourth-order valence-electron chi connectivity index (χ4n) is 1.73. The largest absolute Gasteiger partial charge is 0.347 e. The van der Waals surface area contributed by atoms with Crippen molar-refractivity contribution in [3.8, 4) is 0 Å². The minimum atomic E-state index is 0.0392. The lowest BCUT2D eigenvalue weighted by molar-refractivity contribution is -0.127. The molecule has 0 radical (unpaired) electrons. The first kappa shape index (κ1) is 16.2. The Morgan fingerprint density at radius 2 is 2.05 bits per heavy atom. The molecule has 0 aliphatic rings. The Labute approximate surface area is 120 Å². The van der Waals surface area contributed by atoms with E-state index in [0.717, 1.165) is 18.8 Å². The van der Waals surface area contributed by atoms with Crippen molar-refractivity contribution in [2.75, 3.05) is 37.5 Å². The molecule has 20 heavy (non-hydrogen) atoms. The highest BCUT2D eigenvalue weighted by molar-refractivity contribution is 5.80. The van der Waals surface area contributed by atoms with Gasteiger partial charge in [-0.3, -0.25) is 4.79 Å². The lowest BCUT2D eigenvalue weighted by Crippen LogP contribution is -2.37. The van der Waals surface area contributed by atoms with Gasteiger partial charge in [0.05, 0.1) is 6.54 Å². The quantitative estimate of drug-likeness (QED) is 0.562. The number of nitrogens with two attached hydrogens (primary N) is 1. The third-order valence-electron chi connectivity index (χ3n) is 2.87. The van der Waals surface area contributed by atoms with E-state index >= 15 is 0 Å². The van der Waals surface area contributed by atoms with Gasteiger partial charge in [0.1, 0.15) is 17.5 Å². The maximum atomic E-state index is 11.9. The zero-order chi connectivity index (χ0) is 15.1. The maximum Gasteiger partial charge on any atom is 0.241 e. The number of rotatable bonds is 7. The predicted molar refractivity (Wildman–Crippen MR) is 80.4 cm³/mol. The molecule has 1 heterocycles. The smallest absolute Gasteiger partial charge is 0.241 e. The lowest BCUT2D eigenvalue weighted by atomic mass is 10.3. The van der Waals surface area contributed by atoms with E-state index in [1.807, 2.05) is 11.8 Å². The second-order valence-electron chi connectivity index (χ2n) is 4.74. The Bertz CT molecular complexity index is 426. The topological polar surface area (TPSA) is 87.4 Å². The van der Waals surface area contributed by atoms with E-state index in [1.54, 1.807) is 25.1 Å². The van der Waals surface area contributed by atoms with Gasteiger partial charge in [0, 0.05) is 33.1 Å². The number of anilines is 2.